The molecule has 1 aliphatic heterocycles. The summed E-state index contributed by atoms with van der Waals surface area (Å²) in [5, 5.41) is 0. The van der Waals surface area contributed by atoms with E-state index in [1.54, 1.807) is 30.1 Å². The van der Waals surface area contributed by atoms with Crippen LogP contribution >= 0.6 is 12.4 Å². The number of benzene rings is 2. The standard InChI is InChI=1S/C23H25FN2O3.ClH/c1-16-25-11-12-26(16)20-9-8-17(14-19(20)24)15-29-23-21(27-2)10-13-28-22(23)18-6-4-3-5-7-18;/h3-9,11-12,14,21-23H,10,13,15H2,1-2H3;1H. The lowest BCUT2D eigenvalue weighted by Crippen LogP contribution is -2.42. The molecule has 2 aromatic carbocycles. The Kier molecular flexibility index (Phi) is 7.61. The number of hydrogen-bond donors (Lipinski definition) is 0. The molecule has 1 fully saturated rings. The topological polar surface area (TPSA) is 45.5 Å². The molecule has 0 radical (unpaired) electrons. The summed E-state index contributed by atoms with van der Waals surface area (Å²) in [6.07, 6.45) is 3.60. The van der Waals surface area contributed by atoms with Crippen LogP contribution in [0.25, 0.3) is 5.69 Å². The number of aromatic nitrogens is 2. The van der Waals surface area contributed by atoms with Crippen molar-refractivity contribution in [1.82, 2.24) is 9.55 Å². The fraction of sp³-hybridized carbons (Fsp3) is 0.348. The summed E-state index contributed by atoms with van der Waals surface area (Å²) in [6, 6.07) is 15.1. The number of imidazole rings is 1. The van der Waals surface area contributed by atoms with Crippen molar-refractivity contribution in [1.29, 1.82) is 0 Å². The molecule has 3 unspecified atom stereocenters. The fourth-order valence-electron chi connectivity index (χ4n) is 3.80. The van der Waals surface area contributed by atoms with Gasteiger partial charge >= 0.3 is 0 Å². The van der Waals surface area contributed by atoms with Gasteiger partial charge in [0.1, 0.15) is 23.8 Å². The van der Waals surface area contributed by atoms with E-state index in [0.717, 1.165) is 23.4 Å². The van der Waals surface area contributed by atoms with Gasteiger partial charge in [0.15, 0.2) is 0 Å². The molecular formula is C23H26ClFN2O3. The molecule has 0 spiro atoms. The maximum absolute atomic E-state index is 14.7. The van der Waals surface area contributed by atoms with E-state index in [1.807, 2.05) is 43.3 Å². The minimum atomic E-state index is -0.310. The molecule has 1 saturated heterocycles. The predicted octanol–water partition coefficient (Wildman–Crippen LogP) is 4.80. The Morgan fingerprint density at radius 2 is 2.00 bits per heavy atom. The molecule has 0 aliphatic carbocycles. The van der Waals surface area contributed by atoms with Crippen LogP contribution in [-0.4, -0.2) is 35.5 Å². The second-order valence-corrected chi connectivity index (χ2v) is 7.17. The van der Waals surface area contributed by atoms with Crippen molar-refractivity contribution in [3.8, 4) is 5.69 Å². The van der Waals surface area contributed by atoms with Gasteiger partial charge in [-0.1, -0.05) is 36.4 Å². The fourth-order valence-corrected chi connectivity index (χ4v) is 3.80. The Balaban J connectivity index is 0.00000256. The van der Waals surface area contributed by atoms with Gasteiger partial charge in [0.05, 0.1) is 25.0 Å². The number of rotatable bonds is 6. The van der Waals surface area contributed by atoms with Gasteiger partial charge in [-0.05, 0) is 36.6 Å². The largest absolute Gasteiger partial charge is 0.379 e. The van der Waals surface area contributed by atoms with Crippen molar-refractivity contribution in [2.24, 2.45) is 0 Å². The molecule has 0 N–H and O–H groups in total. The highest BCUT2D eigenvalue weighted by Crippen LogP contribution is 2.33. The smallest absolute Gasteiger partial charge is 0.147 e. The van der Waals surface area contributed by atoms with Gasteiger partial charge < -0.3 is 18.8 Å². The van der Waals surface area contributed by atoms with E-state index < -0.39 is 0 Å². The summed E-state index contributed by atoms with van der Waals surface area (Å²) in [5.41, 5.74) is 2.29. The Bertz CT molecular complexity index is 951. The molecule has 0 saturated carbocycles. The zero-order valence-electron chi connectivity index (χ0n) is 17.0. The lowest BCUT2D eigenvalue weighted by molar-refractivity contribution is -0.175. The summed E-state index contributed by atoms with van der Waals surface area (Å²) >= 11 is 0. The van der Waals surface area contributed by atoms with Gasteiger partial charge in [0.25, 0.3) is 0 Å². The van der Waals surface area contributed by atoms with Gasteiger partial charge in [-0.15, -0.1) is 12.4 Å². The molecule has 3 aromatic rings. The van der Waals surface area contributed by atoms with E-state index in [1.165, 1.54) is 6.07 Å². The number of halogens is 2. The molecule has 7 heteroatoms. The predicted molar refractivity (Wildman–Crippen MR) is 115 cm³/mol. The Morgan fingerprint density at radius 3 is 2.67 bits per heavy atom. The molecule has 4 rings (SSSR count). The quantitative estimate of drug-likeness (QED) is 0.561. The molecule has 1 aliphatic rings. The van der Waals surface area contributed by atoms with Crippen molar-refractivity contribution < 1.29 is 18.6 Å². The molecule has 1 aromatic heterocycles. The minimum Gasteiger partial charge on any atom is -0.379 e. The van der Waals surface area contributed by atoms with Crippen molar-refractivity contribution in [3.05, 3.63) is 83.7 Å². The van der Waals surface area contributed by atoms with Crippen LogP contribution in [0.5, 0.6) is 0 Å². The van der Waals surface area contributed by atoms with Crippen LogP contribution in [0, 0.1) is 12.7 Å². The van der Waals surface area contributed by atoms with Gasteiger partial charge in [-0.3, -0.25) is 0 Å². The normalized spacial score (nSPS) is 21.2. The lowest BCUT2D eigenvalue weighted by atomic mass is 9.96. The minimum absolute atomic E-state index is 0. The maximum atomic E-state index is 14.7. The highest BCUT2D eigenvalue weighted by Gasteiger charge is 2.36. The van der Waals surface area contributed by atoms with Crippen molar-refractivity contribution in [3.63, 3.8) is 0 Å². The summed E-state index contributed by atoms with van der Waals surface area (Å²) in [7, 11) is 1.69. The van der Waals surface area contributed by atoms with E-state index in [-0.39, 0.29) is 43.1 Å². The van der Waals surface area contributed by atoms with Crippen LogP contribution in [0.3, 0.4) is 0 Å². The van der Waals surface area contributed by atoms with Crippen molar-refractivity contribution >= 4 is 12.4 Å². The van der Waals surface area contributed by atoms with Gasteiger partial charge in [0, 0.05) is 19.5 Å². The SMILES string of the molecule is COC1CCOC(c2ccccc2)C1OCc1ccc(-n2ccnc2C)c(F)c1.Cl. The maximum Gasteiger partial charge on any atom is 0.147 e. The van der Waals surface area contributed by atoms with E-state index >= 15 is 0 Å². The third-order valence-corrected chi connectivity index (χ3v) is 5.34. The first-order valence-electron chi connectivity index (χ1n) is 9.77. The Labute approximate surface area is 182 Å². The first-order valence-corrected chi connectivity index (χ1v) is 9.77. The van der Waals surface area contributed by atoms with E-state index in [0.29, 0.717) is 12.3 Å². The molecule has 0 bridgehead atoms. The number of methoxy groups -OCH3 is 1. The van der Waals surface area contributed by atoms with E-state index in [9.17, 15) is 4.39 Å². The van der Waals surface area contributed by atoms with E-state index in [4.69, 9.17) is 14.2 Å². The summed E-state index contributed by atoms with van der Waals surface area (Å²) in [4.78, 5) is 4.15. The number of aryl methyl sites for hydroxylation is 1. The third-order valence-electron chi connectivity index (χ3n) is 5.34. The van der Waals surface area contributed by atoms with Crippen LogP contribution in [0.4, 0.5) is 4.39 Å². The highest BCUT2D eigenvalue weighted by molar-refractivity contribution is 5.85. The number of nitrogens with zero attached hydrogens (tertiary/aromatic N) is 2. The molecule has 0 amide bonds. The second kappa shape index (κ2) is 10.2. The molecule has 2 heterocycles. The van der Waals surface area contributed by atoms with Crippen molar-refractivity contribution in [2.45, 2.75) is 38.3 Å². The van der Waals surface area contributed by atoms with E-state index in [2.05, 4.69) is 4.98 Å². The molecule has 30 heavy (non-hydrogen) atoms. The van der Waals surface area contributed by atoms with Crippen LogP contribution in [0.15, 0.2) is 60.9 Å². The number of ether oxygens (including phenoxy) is 3. The second-order valence-electron chi connectivity index (χ2n) is 7.17. The van der Waals surface area contributed by atoms with Crippen LogP contribution in [0.2, 0.25) is 0 Å². The zero-order chi connectivity index (χ0) is 20.2. The molecular weight excluding hydrogens is 407 g/mol. The summed E-state index contributed by atoms with van der Waals surface area (Å²) in [6.45, 7) is 2.73. The highest BCUT2D eigenvalue weighted by atomic mass is 35.5. The average Bonchev–Trinajstić information content (AvgIpc) is 3.18. The zero-order valence-corrected chi connectivity index (χ0v) is 17.8. The lowest BCUT2D eigenvalue weighted by Gasteiger charge is -2.37. The third kappa shape index (κ3) is 4.73. The van der Waals surface area contributed by atoms with Crippen molar-refractivity contribution in [2.75, 3.05) is 13.7 Å². The molecule has 160 valence electrons. The number of hydrogen-bond acceptors (Lipinski definition) is 4. The average molecular weight is 433 g/mol. The first kappa shape index (κ1) is 22.4. The van der Waals surface area contributed by atoms with Crippen LogP contribution in [0.1, 0.15) is 29.5 Å². The van der Waals surface area contributed by atoms with Gasteiger partial charge in [0.2, 0.25) is 0 Å². The van der Waals surface area contributed by atoms with Gasteiger partial charge in [-0.25, -0.2) is 9.37 Å². The van der Waals surface area contributed by atoms with Crippen LogP contribution < -0.4 is 0 Å². The summed E-state index contributed by atoms with van der Waals surface area (Å²) < 4.78 is 34.3. The van der Waals surface area contributed by atoms with Crippen LogP contribution in [-0.2, 0) is 20.8 Å². The molecule has 5 nitrogen and oxygen atoms in total. The van der Waals surface area contributed by atoms with Gasteiger partial charge in [-0.2, -0.15) is 0 Å². The monoisotopic (exact) mass is 432 g/mol. The summed E-state index contributed by atoms with van der Waals surface area (Å²) in [5.74, 6) is 0.427. The Hall–Kier alpha value is -2.25. The molecule has 3 atom stereocenters. The Morgan fingerprint density at radius 1 is 1.20 bits per heavy atom. The first-order chi connectivity index (χ1) is 14.2.